The number of anilines is 1. The molecule has 0 atom stereocenters. The number of hydrogen-bond donors (Lipinski definition) is 1. The molecule has 0 spiro atoms. The van der Waals surface area contributed by atoms with E-state index in [0.29, 0.717) is 37.2 Å². The van der Waals surface area contributed by atoms with Crippen molar-refractivity contribution in [2.24, 2.45) is 0 Å². The lowest BCUT2D eigenvalue weighted by Crippen LogP contribution is -2.48. The molecule has 1 N–H and O–H groups in total. The van der Waals surface area contributed by atoms with Gasteiger partial charge in [0.2, 0.25) is 0 Å². The van der Waals surface area contributed by atoms with Gasteiger partial charge in [-0.15, -0.1) is 0 Å². The van der Waals surface area contributed by atoms with Crippen molar-refractivity contribution in [3.63, 3.8) is 0 Å². The van der Waals surface area contributed by atoms with Crippen LogP contribution in [0, 0.1) is 0 Å². The zero-order valence-electron chi connectivity index (χ0n) is 16.5. The minimum atomic E-state index is -0.270. The molecular weight excluding hydrogens is 380 g/mol. The van der Waals surface area contributed by atoms with E-state index in [1.54, 1.807) is 17.0 Å². The summed E-state index contributed by atoms with van der Waals surface area (Å²) in [6.07, 6.45) is 3.19. The van der Waals surface area contributed by atoms with Crippen LogP contribution in [0.1, 0.15) is 23.2 Å². The van der Waals surface area contributed by atoms with Crippen molar-refractivity contribution < 1.29 is 14.4 Å². The molecule has 0 unspecified atom stereocenters. The maximum Gasteiger partial charge on any atom is 0.332 e. The van der Waals surface area contributed by atoms with Gasteiger partial charge in [-0.1, -0.05) is 18.2 Å². The smallest absolute Gasteiger partial charge is 0.332 e. The van der Waals surface area contributed by atoms with Crippen LogP contribution in [0.5, 0.6) is 0 Å². The Morgan fingerprint density at radius 3 is 2.50 bits per heavy atom. The Labute approximate surface area is 173 Å². The summed E-state index contributed by atoms with van der Waals surface area (Å²) >= 11 is 0. The van der Waals surface area contributed by atoms with Crippen LogP contribution in [-0.4, -0.2) is 58.3 Å². The normalized spacial score (nSPS) is 17.9. The number of aromatic amines is 1. The highest BCUT2D eigenvalue weighted by Crippen LogP contribution is 2.27. The number of carbonyl (C=O) groups excluding carboxylic acids is 3. The number of fused-ring (bicyclic) bond motifs is 1. The third kappa shape index (κ3) is 3.12. The standard InChI is InChI=1S/C23H22N4O3/c28-21-15-26(23(30)27(21)19-4-2-1-3-5-19)18-9-12-25(13-10-18)22(29)17-6-7-20-16(14-17)8-11-24-20/h1-8,11,14,18,24H,9-10,12-13,15H2. The van der Waals surface area contributed by atoms with Crippen molar-refractivity contribution in [2.75, 3.05) is 24.5 Å². The van der Waals surface area contributed by atoms with E-state index in [4.69, 9.17) is 0 Å². The van der Waals surface area contributed by atoms with Crippen LogP contribution in [0.15, 0.2) is 60.8 Å². The van der Waals surface area contributed by atoms with Crippen LogP contribution in [0.25, 0.3) is 10.9 Å². The van der Waals surface area contributed by atoms with E-state index in [2.05, 4.69) is 4.98 Å². The summed E-state index contributed by atoms with van der Waals surface area (Å²) in [6.45, 7) is 1.23. The summed E-state index contributed by atoms with van der Waals surface area (Å²) in [4.78, 5) is 46.2. The van der Waals surface area contributed by atoms with Gasteiger partial charge >= 0.3 is 6.03 Å². The summed E-state index contributed by atoms with van der Waals surface area (Å²) < 4.78 is 0. The van der Waals surface area contributed by atoms with Crippen LogP contribution in [0.2, 0.25) is 0 Å². The zero-order valence-corrected chi connectivity index (χ0v) is 16.5. The topological polar surface area (TPSA) is 76.7 Å². The van der Waals surface area contributed by atoms with E-state index >= 15 is 0 Å². The highest BCUT2D eigenvalue weighted by molar-refractivity contribution is 6.19. The Morgan fingerprint density at radius 1 is 0.967 bits per heavy atom. The number of carbonyl (C=O) groups is 3. The number of benzene rings is 2. The van der Waals surface area contributed by atoms with Gasteiger partial charge in [-0.3, -0.25) is 9.59 Å². The summed E-state index contributed by atoms with van der Waals surface area (Å²) in [7, 11) is 0. The first-order valence-electron chi connectivity index (χ1n) is 10.2. The molecule has 5 rings (SSSR count). The number of urea groups is 1. The number of rotatable bonds is 3. The number of hydrogen-bond acceptors (Lipinski definition) is 3. The van der Waals surface area contributed by atoms with E-state index in [0.717, 1.165) is 10.9 Å². The number of piperidine rings is 1. The predicted octanol–water partition coefficient (Wildman–Crippen LogP) is 3.24. The number of aromatic nitrogens is 1. The summed E-state index contributed by atoms with van der Waals surface area (Å²) in [5, 5.41) is 1.01. The predicted molar refractivity (Wildman–Crippen MR) is 113 cm³/mol. The average molecular weight is 402 g/mol. The van der Waals surface area contributed by atoms with Gasteiger partial charge in [-0.2, -0.15) is 0 Å². The molecule has 2 aromatic carbocycles. The first kappa shape index (κ1) is 18.4. The Morgan fingerprint density at radius 2 is 1.73 bits per heavy atom. The Bertz CT molecular complexity index is 1120. The molecule has 3 heterocycles. The first-order chi connectivity index (χ1) is 14.6. The molecule has 2 aliphatic rings. The molecule has 0 saturated carbocycles. The largest absolute Gasteiger partial charge is 0.361 e. The van der Waals surface area contributed by atoms with Gasteiger partial charge < -0.3 is 14.8 Å². The molecule has 2 saturated heterocycles. The second-order valence-electron chi connectivity index (χ2n) is 7.78. The van der Waals surface area contributed by atoms with Gasteiger partial charge in [0, 0.05) is 41.8 Å². The maximum atomic E-state index is 12.9. The highest BCUT2D eigenvalue weighted by atomic mass is 16.2. The number of nitrogens with one attached hydrogen (secondary N) is 1. The second kappa shape index (κ2) is 7.33. The van der Waals surface area contributed by atoms with Gasteiger partial charge in [0.15, 0.2) is 0 Å². The third-order valence-corrected chi connectivity index (χ3v) is 6.00. The molecule has 7 heteroatoms. The fraction of sp³-hybridized carbons (Fsp3) is 0.261. The Hall–Kier alpha value is -3.61. The Kier molecular flexibility index (Phi) is 4.50. The van der Waals surface area contributed by atoms with Crippen molar-refractivity contribution in [3.05, 3.63) is 66.4 Å². The molecule has 2 aliphatic heterocycles. The van der Waals surface area contributed by atoms with E-state index in [1.807, 2.05) is 53.6 Å². The van der Waals surface area contributed by atoms with Crippen LogP contribution < -0.4 is 4.90 Å². The average Bonchev–Trinajstić information content (AvgIpc) is 3.37. The first-order valence-corrected chi connectivity index (χ1v) is 10.2. The van der Waals surface area contributed by atoms with E-state index in [1.165, 1.54) is 4.90 Å². The van der Waals surface area contributed by atoms with Gasteiger partial charge in [0.25, 0.3) is 11.8 Å². The van der Waals surface area contributed by atoms with Crippen molar-refractivity contribution in [2.45, 2.75) is 18.9 Å². The van der Waals surface area contributed by atoms with Crippen molar-refractivity contribution in [1.29, 1.82) is 0 Å². The quantitative estimate of drug-likeness (QED) is 0.684. The van der Waals surface area contributed by atoms with Gasteiger partial charge in [0.05, 0.1) is 5.69 Å². The number of para-hydroxylation sites is 1. The van der Waals surface area contributed by atoms with Crippen molar-refractivity contribution >= 4 is 34.4 Å². The van der Waals surface area contributed by atoms with E-state index in [9.17, 15) is 14.4 Å². The van der Waals surface area contributed by atoms with Crippen LogP contribution >= 0.6 is 0 Å². The molecule has 7 nitrogen and oxygen atoms in total. The van der Waals surface area contributed by atoms with Crippen LogP contribution in [0.3, 0.4) is 0 Å². The van der Waals surface area contributed by atoms with Gasteiger partial charge in [-0.05, 0) is 49.2 Å². The molecule has 3 aromatic rings. The second-order valence-corrected chi connectivity index (χ2v) is 7.78. The fourth-order valence-electron chi connectivity index (χ4n) is 4.39. The van der Waals surface area contributed by atoms with Crippen LogP contribution in [0.4, 0.5) is 10.5 Å². The molecule has 2 fully saturated rings. The van der Waals surface area contributed by atoms with Gasteiger partial charge in [0.1, 0.15) is 6.54 Å². The SMILES string of the molecule is O=C(c1ccc2[nH]ccc2c1)N1CCC(N2CC(=O)N(c3ccccc3)C2=O)CC1. The molecular formula is C23H22N4O3. The number of nitrogens with zero attached hydrogens (tertiary/aromatic N) is 3. The van der Waals surface area contributed by atoms with Crippen LogP contribution in [-0.2, 0) is 4.79 Å². The molecule has 30 heavy (non-hydrogen) atoms. The molecule has 0 radical (unpaired) electrons. The van der Waals surface area contributed by atoms with Crippen molar-refractivity contribution in [3.8, 4) is 0 Å². The zero-order chi connectivity index (χ0) is 20.7. The molecule has 1 aromatic heterocycles. The highest BCUT2D eigenvalue weighted by Gasteiger charge is 2.41. The van der Waals surface area contributed by atoms with E-state index in [-0.39, 0.29) is 30.4 Å². The molecule has 4 amide bonds. The summed E-state index contributed by atoms with van der Waals surface area (Å²) in [6, 6.07) is 16.3. The lowest BCUT2D eigenvalue weighted by atomic mass is 10.0. The maximum absolute atomic E-state index is 12.9. The van der Waals surface area contributed by atoms with Gasteiger partial charge in [-0.25, -0.2) is 9.69 Å². The third-order valence-electron chi connectivity index (χ3n) is 6.00. The minimum Gasteiger partial charge on any atom is -0.361 e. The number of amides is 4. The molecule has 0 aliphatic carbocycles. The fourth-order valence-corrected chi connectivity index (χ4v) is 4.39. The number of H-pyrrole nitrogens is 1. The van der Waals surface area contributed by atoms with E-state index < -0.39 is 0 Å². The minimum absolute atomic E-state index is 0.00582. The van der Waals surface area contributed by atoms with Crippen molar-refractivity contribution in [1.82, 2.24) is 14.8 Å². The summed E-state index contributed by atoms with van der Waals surface area (Å²) in [5.41, 5.74) is 2.27. The number of likely N-dealkylation sites (tertiary alicyclic amines) is 1. The number of imide groups is 1. The monoisotopic (exact) mass is 402 g/mol. The lowest BCUT2D eigenvalue weighted by molar-refractivity contribution is -0.116. The lowest BCUT2D eigenvalue weighted by Gasteiger charge is -2.36. The Balaban J connectivity index is 1.25. The summed E-state index contributed by atoms with van der Waals surface area (Å²) in [5.74, 6) is -0.198. The molecule has 152 valence electrons. The molecule has 0 bridgehead atoms.